The maximum atomic E-state index is 13.3. The number of rotatable bonds is 7. The van der Waals surface area contributed by atoms with Gasteiger partial charge in [0, 0.05) is 24.2 Å². The van der Waals surface area contributed by atoms with Crippen molar-refractivity contribution in [3.63, 3.8) is 0 Å². The minimum atomic E-state index is -0.745. The standard InChI is InChI=1S/C26H29N3O3S/c1-6-28(7-2)19-12-10-18(11-13-19)15-22-24(31)29(17-20-9-8-14-32-20)25(33-22)21(16-27)23(30)26(3,4)5/h8-15H,6-7,17H2,1-5H3/b22-15+,25-21+. The Bertz CT molecular complexity index is 1330. The first-order valence-electron chi connectivity index (χ1n) is 11.0. The molecule has 0 saturated heterocycles. The molecule has 0 radical (unpaired) electrons. The zero-order valence-electron chi connectivity index (χ0n) is 19.7. The van der Waals surface area contributed by atoms with Gasteiger partial charge in [-0.25, -0.2) is 0 Å². The van der Waals surface area contributed by atoms with Crippen LogP contribution >= 0.6 is 11.3 Å². The molecule has 3 aromatic rings. The van der Waals surface area contributed by atoms with E-state index in [1.807, 2.05) is 30.3 Å². The van der Waals surface area contributed by atoms with Crippen LogP contribution in [0.5, 0.6) is 0 Å². The minimum absolute atomic E-state index is 0.00677. The summed E-state index contributed by atoms with van der Waals surface area (Å²) in [5, 5.41) is 9.83. The highest BCUT2D eigenvalue weighted by Crippen LogP contribution is 2.20. The second-order valence-electron chi connectivity index (χ2n) is 8.72. The van der Waals surface area contributed by atoms with Gasteiger partial charge in [-0.05, 0) is 49.8 Å². The summed E-state index contributed by atoms with van der Waals surface area (Å²) >= 11 is 1.16. The normalized spacial score (nSPS) is 13.0. The van der Waals surface area contributed by atoms with E-state index in [4.69, 9.17) is 4.42 Å². The van der Waals surface area contributed by atoms with E-state index in [-0.39, 0.29) is 23.5 Å². The lowest BCUT2D eigenvalue weighted by Gasteiger charge is -2.20. The van der Waals surface area contributed by atoms with E-state index in [1.165, 1.54) is 10.8 Å². The number of hydrogen-bond acceptors (Lipinski definition) is 6. The first-order chi connectivity index (χ1) is 15.7. The van der Waals surface area contributed by atoms with Gasteiger partial charge >= 0.3 is 0 Å². The molecule has 0 aliphatic rings. The third kappa shape index (κ3) is 5.35. The first kappa shape index (κ1) is 24.3. The maximum Gasteiger partial charge on any atom is 0.269 e. The van der Waals surface area contributed by atoms with Crippen LogP contribution in [0, 0.1) is 16.7 Å². The Balaban J connectivity index is 2.20. The molecule has 1 aromatic carbocycles. The van der Waals surface area contributed by atoms with Gasteiger partial charge < -0.3 is 9.32 Å². The van der Waals surface area contributed by atoms with Crippen molar-refractivity contribution in [3.05, 3.63) is 73.5 Å². The first-order valence-corrected chi connectivity index (χ1v) is 11.8. The summed E-state index contributed by atoms with van der Waals surface area (Å²) in [5.41, 5.74) is 0.989. The SMILES string of the molecule is CCN(CC)c1ccc(/C=c2/s/c(=C(\C#N)C(=O)C(C)(C)C)n(Cc3ccco3)c2=O)cc1. The average molecular weight is 464 g/mol. The molecule has 6 nitrogen and oxygen atoms in total. The number of hydrogen-bond donors (Lipinski definition) is 0. The number of Topliss-reactive ketones (excluding diaryl/α,β-unsaturated/α-hetero) is 1. The molecule has 0 aliphatic carbocycles. The number of carbonyl (C=O) groups excluding carboxylic acids is 1. The minimum Gasteiger partial charge on any atom is -0.467 e. The molecule has 0 aliphatic heterocycles. The zero-order chi connectivity index (χ0) is 24.2. The predicted octanol–water partition coefficient (Wildman–Crippen LogP) is 3.52. The third-order valence-electron chi connectivity index (χ3n) is 5.36. The van der Waals surface area contributed by atoms with Crippen molar-refractivity contribution < 1.29 is 9.21 Å². The number of ketones is 1. The van der Waals surface area contributed by atoms with Crippen LogP contribution < -0.4 is 19.7 Å². The van der Waals surface area contributed by atoms with Gasteiger partial charge in [-0.15, -0.1) is 11.3 Å². The number of benzene rings is 1. The predicted molar refractivity (Wildman–Crippen MR) is 133 cm³/mol. The van der Waals surface area contributed by atoms with Crippen LogP contribution in [0.4, 0.5) is 5.69 Å². The van der Waals surface area contributed by atoms with Gasteiger partial charge in [0.2, 0.25) is 0 Å². The number of aromatic nitrogens is 1. The summed E-state index contributed by atoms with van der Waals surface area (Å²) < 4.78 is 7.70. The number of carbonyl (C=O) groups is 1. The zero-order valence-corrected chi connectivity index (χ0v) is 20.5. The molecule has 0 atom stereocenters. The van der Waals surface area contributed by atoms with Crippen LogP contribution in [0.2, 0.25) is 0 Å². The summed E-state index contributed by atoms with van der Waals surface area (Å²) in [4.78, 5) is 28.6. The van der Waals surface area contributed by atoms with Gasteiger partial charge in [0.05, 0.1) is 17.3 Å². The number of nitriles is 1. The van der Waals surface area contributed by atoms with Crippen molar-refractivity contribution in [2.45, 2.75) is 41.2 Å². The molecule has 2 heterocycles. The van der Waals surface area contributed by atoms with Crippen molar-refractivity contribution in [1.82, 2.24) is 4.57 Å². The molecule has 0 fully saturated rings. The van der Waals surface area contributed by atoms with Crippen LogP contribution in [0.3, 0.4) is 0 Å². The maximum absolute atomic E-state index is 13.3. The molecule has 33 heavy (non-hydrogen) atoms. The molecule has 0 saturated carbocycles. The molecule has 0 unspecified atom stereocenters. The fourth-order valence-corrected chi connectivity index (χ4v) is 4.60. The molecular weight excluding hydrogens is 434 g/mol. The summed E-state index contributed by atoms with van der Waals surface area (Å²) in [7, 11) is 0. The smallest absolute Gasteiger partial charge is 0.269 e. The fourth-order valence-electron chi connectivity index (χ4n) is 3.50. The van der Waals surface area contributed by atoms with Gasteiger partial charge in [0.1, 0.15) is 22.1 Å². The van der Waals surface area contributed by atoms with Gasteiger partial charge in [-0.3, -0.25) is 14.2 Å². The van der Waals surface area contributed by atoms with Crippen molar-refractivity contribution in [2.24, 2.45) is 5.41 Å². The van der Waals surface area contributed by atoms with Crippen LogP contribution in [0.1, 0.15) is 45.9 Å². The number of thiazole rings is 1. The quantitative estimate of drug-likeness (QED) is 0.536. The summed E-state index contributed by atoms with van der Waals surface area (Å²) in [6.45, 7) is 11.5. The van der Waals surface area contributed by atoms with Crippen LogP contribution in [0.15, 0.2) is 51.9 Å². The second kappa shape index (κ2) is 10.1. The highest BCUT2D eigenvalue weighted by molar-refractivity contribution is 7.07. The lowest BCUT2D eigenvalue weighted by molar-refractivity contribution is -0.120. The Morgan fingerprint density at radius 1 is 1.18 bits per heavy atom. The molecule has 172 valence electrons. The van der Waals surface area contributed by atoms with Gasteiger partial charge in [0.25, 0.3) is 5.56 Å². The highest BCUT2D eigenvalue weighted by Gasteiger charge is 2.27. The monoisotopic (exact) mass is 463 g/mol. The van der Waals surface area contributed by atoms with E-state index in [9.17, 15) is 14.9 Å². The van der Waals surface area contributed by atoms with E-state index in [0.717, 1.165) is 35.7 Å². The Labute approximate surface area is 197 Å². The summed E-state index contributed by atoms with van der Waals surface area (Å²) in [5.74, 6) is 0.279. The third-order valence-corrected chi connectivity index (χ3v) is 6.49. The Kier molecular flexibility index (Phi) is 7.39. The fraction of sp³-hybridized carbons (Fsp3) is 0.346. The van der Waals surface area contributed by atoms with Crippen LogP contribution in [-0.2, 0) is 11.3 Å². The van der Waals surface area contributed by atoms with Gasteiger partial charge in [-0.1, -0.05) is 32.9 Å². The number of nitrogens with zero attached hydrogens (tertiary/aromatic N) is 3. The summed E-state index contributed by atoms with van der Waals surface area (Å²) in [6, 6.07) is 13.6. The molecule has 0 amide bonds. The number of furan rings is 1. The molecular formula is C26H29N3O3S. The van der Waals surface area contributed by atoms with Crippen LogP contribution in [0.25, 0.3) is 11.6 Å². The van der Waals surface area contributed by atoms with Crippen LogP contribution in [-0.4, -0.2) is 23.4 Å². The second-order valence-corrected chi connectivity index (χ2v) is 9.75. The van der Waals surface area contributed by atoms with Crippen molar-refractivity contribution in [2.75, 3.05) is 18.0 Å². The Morgan fingerprint density at radius 2 is 1.85 bits per heavy atom. The van der Waals surface area contributed by atoms with E-state index >= 15 is 0 Å². The topological polar surface area (TPSA) is 79.2 Å². The van der Waals surface area contributed by atoms with E-state index in [0.29, 0.717) is 15.0 Å². The molecule has 3 rings (SSSR count). The van der Waals surface area contributed by atoms with Crippen molar-refractivity contribution in [3.8, 4) is 6.07 Å². The molecule has 0 bridgehead atoms. The molecule has 2 aromatic heterocycles. The lowest BCUT2D eigenvalue weighted by Crippen LogP contribution is -2.34. The molecule has 0 N–H and O–H groups in total. The molecule has 0 spiro atoms. The lowest BCUT2D eigenvalue weighted by atomic mass is 9.87. The van der Waals surface area contributed by atoms with E-state index in [1.54, 1.807) is 39.0 Å². The van der Waals surface area contributed by atoms with E-state index in [2.05, 4.69) is 18.7 Å². The van der Waals surface area contributed by atoms with Gasteiger partial charge in [0.15, 0.2) is 5.78 Å². The Hall–Kier alpha value is -3.37. The van der Waals surface area contributed by atoms with Crippen molar-refractivity contribution in [1.29, 1.82) is 5.26 Å². The largest absolute Gasteiger partial charge is 0.467 e. The Morgan fingerprint density at radius 3 is 2.36 bits per heavy atom. The van der Waals surface area contributed by atoms with Crippen molar-refractivity contribution >= 4 is 34.5 Å². The molecule has 7 heteroatoms. The van der Waals surface area contributed by atoms with E-state index < -0.39 is 5.41 Å². The summed E-state index contributed by atoms with van der Waals surface area (Å²) in [6.07, 6.45) is 3.34. The van der Waals surface area contributed by atoms with Gasteiger partial charge in [-0.2, -0.15) is 5.26 Å². The highest BCUT2D eigenvalue weighted by atomic mass is 32.1. The number of anilines is 1. The average Bonchev–Trinajstić information content (AvgIpc) is 3.40.